The van der Waals surface area contributed by atoms with Crippen LogP contribution in [-0.4, -0.2) is 41.9 Å². The van der Waals surface area contributed by atoms with Gasteiger partial charge in [-0.25, -0.2) is 0 Å². The van der Waals surface area contributed by atoms with Crippen LogP contribution in [-0.2, 0) is 24.1 Å². The molecule has 3 aromatic rings. The quantitative estimate of drug-likeness (QED) is 0.651. The molecule has 0 radical (unpaired) electrons. The Bertz CT molecular complexity index is 942. The van der Waals surface area contributed by atoms with Gasteiger partial charge in [-0.15, -0.1) is 11.3 Å². The maximum atomic E-state index is 12.7. The second-order valence-electron chi connectivity index (χ2n) is 7.97. The third-order valence-electron chi connectivity index (χ3n) is 6.30. The summed E-state index contributed by atoms with van der Waals surface area (Å²) in [6.07, 6.45) is 2.73. The molecule has 148 valence electrons. The van der Waals surface area contributed by atoms with Gasteiger partial charge in [-0.2, -0.15) is 0 Å². The third kappa shape index (κ3) is 3.75. The normalized spacial score (nSPS) is 17.4. The molecule has 1 amide bonds. The number of nitrogens with zero attached hydrogens (tertiary/aromatic N) is 2. The van der Waals surface area contributed by atoms with Gasteiger partial charge in [0.2, 0.25) is 5.91 Å². The number of aryl methyl sites for hydroxylation is 2. The van der Waals surface area contributed by atoms with Crippen LogP contribution < -0.4 is 0 Å². The Morgan fingerprint density at radius 3 is 2.03 bits per heavy atom. The van der Waals surface area contributed by atoms with Crippen LogP contribution in [0.3, 0.4) is 0 Å². The minimum absolute atomic E-state index is 0.258. The van der Waals surface area contributed by atoms with E-state index in [0.29, 0.717) is 12.5 Å². The minimum atomic E-state index is 0.258. The number of carbonyl (C=O) groups is 1. The van der Waals surface area contributed by atoms with E-state index in [9.17, 15) is 4.79 Å². The topological polar surface area (TPSA) is 23.6 Å². The highest BCUT2D eigenvalue weighted by molar-refractivity contribution is 7.10. The fourth-order valence-corrected chi connectivity index (χ4v) is 5.49. The molecule has 0 atom stereocenters. The van der Waals surface area contributed by atoms with Crippen LogP contribution in [0.25, 0.3) is 0 Å². The van der Waals surface area contributed by atoms with E-state index >= 15 is 0 Å². The average molecular weight is 403 g/mol. The minimum Gasteiger partial charge on any atom is -0.340 e. The largest absolute Gasteiger partial charge is 0.340 e. The van der Waals surface area contributed by atoms with Crippen LogP contribution in [0, 0.1) is 0 Å². The molecule has 1 aromatic heterocycles. The fraction of sp³-hybridized carbons (Fsp3) is 0.320. The molecule has 0 spiro atoms. The maximum Gasteiger partial charge on any atom is 0.227 e. The average Bonchev–Trinajstić information content (AvgIpc) is 3.21. The van der Waals surface area contributed by atoms with Crippen molar-refractivity contribution in [3.8, 4) is 0 Å². The van der Waals surface area contributed by atoms with Gasteiger partial charge < -0.3 is 4.90 Å². The Balaban J connectivity index is 1.37. The molecule has 4 heteroatoms. The van der Waals surface area contributed by atoms with Gasteiger partial charge >= 0.3 is 0 Å². The molecule has 2 aliphatic rings. The van der Waals surface area contributed by atoms with E-state index in [2.05, 4.69) is 59.5 Å². The van der Waals surface area contributed by atoms with Crippen LogP contribution in [0.1, 0.15) is 33.2 Å². The Labute approximate surface area is 176 Å². The number of fused-ring (bicyclic) bond motifs is 2. The van der Waals surface area contributed by atoms with Crippen molar-refractivity contribution in [2.24, 2.45) is 0 Å². The summed E-state index contributed by atoms with van der Waals surface area (Å²) in [7, 11) is 0. The summed E-state index contributed by atoms with van der Waals surface area (Å²) in [5, 5.41) is 2.04. The Hall–Kier alpha value is -2.43. The zero-order chi connectivity index (χ0) is 19.6. The van der Waals surface area contributed by atoms with Crippen molar-refractivity contribution < 1.29 is 4.79 Å². The number of amides is 1. The highest BCUT2D eigenvalue weighted by atomic mass is 32.1. The van der Waals surface area contributed by atoms with Crippen LogP contribution in [0.2, 0.25) is 0 Å². The number of hydrogen-bond acceptors (Lipinski definition) is 3. The Kier molecular flexibility index (Phi) is 5.21. The summed E-state index contributed by atoms with van der Waals surface area (Å²) in [6.45, 7) is 3.46. The Morgan fingerprint density at radius 2 is 1.45 bits per heavy atom. The molecule has 5 rings (SSSR count). The number of hydrogen-bond donors (Lipinski definition) is 0. The van der Waals surface area contributed by atoms with Gasteiger partial charge in [0.25, 0.3) is 0 Å². The molecule has 29 heavy (non-hydrogen) atoms. The van der Waals surface area contributed by atoms with E-state index in [1.807, 2.05) is 16.3 Å². The molecule has 1 saturated heterocycles. The molecule has 1 fully saturated rings. The van der Waals surface area contributed by atoms with Crippen LogP contribution in [0.4, 0.5) is 0 Å². The van der Waals surface area contributed by atoms with Gasteiger partial charge in [0, 0.05) is 31.1 Å². The summed E-state index contributed by atoms with van der Waals surface area (Å²) >= 11 is 1.67. The summed E-state index contributed by atoms with van der Waals surface area (Å²) in [6, 6.07) is 22.2. The van der Waals surface area contributed by atoms with Gasteiger partial charge in [0.05, 0.1) is 12.5 Å². The first-order chi connectivity index (χ1) is 14.3. The summed E-state index contributed by atoms with van der Waals surface area (Å²) in [5.74, 6) is 0.258. The lowest BCUT2D eigenvalue weighted by Gasteiger charge is -2.40. The Morgan fingerprint density at radius 1 is 0.828 bits per heavy atom. The van der Waals surface area contributed by atoms with Crippen molar-refractivity contribution >= 4 is 17.2 Å². The van der Waals surface area contributed by atoms with E-state index in [1.165, 1.54) is 22.3 Å². The molecule has 0 bridgehead atoms. The standard InChI is InChI=1S/C25H26N2OS/c28-24(18-21-8-5-17-29-21)26-13-15-27(16-14-26)25-22-9-3-1-6-19(22)11-12-20-7-2-4-10-23(20)25/h1-10,17,25H,11-16,18H2. The molecule has 0 saturated carbocycles. The summed E-state index contributed by atoms with van der Waals surface area (Å²) in [5.41, 5.74) is 5.81. The maximum absolute atomic E-state index is 12.7. The first-order valence-corrected chi connectivity index (χ1v) is 11.4. The molecule has 1 aliphatic carbocycles. The smallest absolute Gasteiger partial charge is 0.227 e. The van der Waals surface area contributed by atoms with Gasteiger partial charge in [-0.3, -0.25) is 9.69 Å². The van der Waals surface area contributed by atoms with Crippen molar-refractivity contribution in [2.45, 2.75) is 25.3 Å². The van der Waals surface area contributed by atoms with Crippen molar-refractivity contribution in [3.63, 3.8) is 0 Å². The molecule has 0 N–H and O–H groups in total. The molecule has 0 unspecified atom stereocenters. The lowest BCUT2D eigenvalue weighted by Crippen LogP contribution is -2.50. The molecular formula is C25H26N2OS. The molecule has 2 aromatic carbocycles. The van der Waals surface area contributed by atoms with E-state index in [0.717, 1.165) is 43.9 Å². The van der Waals surface area contributed by atoms with Crippen molar-refractivity contribution in [3.05, 3.63) is 93.2 Å². The van der Waals surface area contributed by atoms with E-state index in [4.69, 9.17) is 0 Å². The summed E-state index contributed by atoms with van der Waals surface area (Å²) < 4.78 is 0. The fourth-order valence-electron chi connectivity index (χ4n) is 4.79. The highest BCUT2D eigenvalue weighted by Crippen LogP contribution is 2.37. The van der Waals surface area contributed by atoms with Crippen molar-refractivity contribution in [1.29, 1.82) is 0 Å². The first-order valence-electron chi connectivity index (χ1n) is 10.5. The van der Waals surface area contributed by atoms with Crippen LogP contribution in [0.15, 0.2) is 66.0 Å². The number of benzene rings is 2. The second-order valence-corrected chi connectivity index (χ2v) is 9.01. The number of rotatable bonds is 3. The molecule has 1 aliphatic heterocycles. The monoisotopic (exact) mass is 402 g/mol. The van der Waals surface area contributed by atoms with E-state index in [-0.39, 0.29) is 5.91 Å². The van der Waals surface area contributed by atoms with Crippen LogP contribution in [0.5, 0.6) is 0 Å². The molecule has 2 heterocycles. The zero-order valence-corrected chi connectivity index (χ0v) is 17.4. The van der Waals surface area contributed by atoms with E-state index in [1.54, 1.807) is 11.3 Å². The third-order valence-corrected chi connectivity index (χ3v) is 7.18. The predicted octanol–water partition coefficient (Wildman–Crippen LogP) is 4.32. The highest BCUT2D eigenvalue weighted by Gasteiger charge is 2.31. The van der Waals surface area contributed by atoms with Gasteiger partial charge in [-0.1, -0.05) is 54.6 Å². The van der Waals surface area contributed by atoms with Gasteiger partial charge in [0.15, 0.2) is 0 Å². The van der Waals surface area contributed by atoms with Crippen LogP contribution >= 0.6 is 11.3 Å². The number of carbonyl (C=O) groups excluding carboxylic acids is 1. The predicted molar refractivity (Wildman–Crippen MR) is 118 cm³/mol. The SMILES string of the molecule is O=C(Cc1cccs1)N1CCN(C2c3ccccc3CCc3ccccc32)CC1. The van der Waals surface area contributed by atoms with Crippen molar-refractivity contribution in [2.75, 3.05) is 26.2 Å². The van der Waals surface area contributed by atoms with E-state index < -0.39 is 0 Å². The lowest BCUT2D eigenvalue weighted by atomic mass is 9.92. The second kappa shape index (κ2) is 8.13. The first kappa shape index (κ1) is 18.6. The molecule has 3 nitrogen and oxygen atoms in total. The van der Waals surface area contributed by atoms with Gasteiger partial charge in [-0.05, 0) is 46.5 Å². The molecular weight excluding hydrogens is 376 g/mol. The summed E-state index contributed by atoms with van der Waals surface area (Å²) in [4.78, 5) is 18.5. The van der Waals surface area contributed by atoms with Crippen molar-refractivity contribution in [1.82, 2.24) is 9.80 Å². The zero-order valence-electron chi connectivity index (χ0n) is 16.6. The lowest BCUT2D eigenvalue weighted by molar-refractivity contribution is -0.132. The number of piperazine rings is 1. The van der Waals surface area contributed by atoms with Gasteiger partial charge in [0.1, 0.15) is 0 Å². The number of thiophene rings is 1.